The predicted octanol–water partition coefficient (Wildman–Crippen LogP) is 14.7. The number of hydrogen-bond donors (Lipinski definition) is 0. The van der Waals surface area contributed by atoms with Gasteiger partial charge in [-0.15, -0.1) is 11.3 Å². The Morgan fingerprint density at radius 2 is 0.926 bits per heavy atom. The molecule has 0 spiro atoms. The first kappa shape index (κ1) is 32.1. The van der Waals surface area contributed by atoms with Crippen molar-refractivity contribution in [3.63, 3.8) is 0 Å². The summed E-state index contributed by atoms with van der Waals surface area (Å²) in [5.41, 5.74) is 12.5. The lowest BCUT2D eigenvalue weighted by atomic mass is 10.1. The Labute approximate surface area is 319 Å². The fourth-order valence-corrected chi connectivity index (χ4v) is 9.32. The number of aryl methyl sites for hydroxylation is 2. The molecule has 0 amide bonds. The van der Waals surface area contributed by atoms with E-state index in [0.717, 1.165) is 39.8 Å². The van der Waals surface area contributed by atoms with Crippen molar-refractivity contribution in [2.45, 2.75) is 13.8 Å². The third-order valence-electron chi connectivity index (χ3n) is 10.4. The maximum Gasteiger partial charge on any atom is 0.0555 e. The quantitative estimate of drug-likeness (QED) is 0.163. The van der Waals surface area contributed by atoms with Gasteiger partial charge in [-0.3, -0.25) is 0 Å². The van der Waals surface area contributed by atoms with Crippen LogP contribution in [0.25, 0.3) is 47.7 Å². The van der Waals surface area contributed by atoms with Gasteiger partial charge < -0.3 is 14.4 Å². The molecule has 0 atom stereocenters. The Morgan fingerprint density at radius 3 is 1.54 bits per heavy atom. The Bertz CT molecular complexity index is 2870. The van der Waals surface area contributed by atoms with Gasteiger partial charge in [0.25, 0.3) is 0 Å². The molecule has 0 aliphatic rings. The minimum absolute atomic E-state index is 1.07. The molecule has 2 heterocycles. The Morgan fingerprint density at radius 1 is 0.389 bits per heavy atom. The molecule has 0 N–H and O–H groups in total. The average molecular weight is 712 g/mol. The van der Waals surface area contributed by atoms with Crippen molar-refractivity contribution in [2.75, 3.05) is 9.80 Å². The van der Waals surface area contributed by atoms with Gasteiger partial charge in [0.2, 0.25) is 0 Å². The molecule has 0 aliphatic carbocycles. The highest BCUT2D eigenvalue weighted by Crippen LogP contribution is 2.46. The zero-order chi connectivity index (χ0) is 36.2. The maximum atomic E-state index is 2.47. The zero-order valence-corrected chi connectivity index (χ0v) is 31.0. The lowest BCUT2D eigenvalue weighted by Gasteiger charge is -2.30. The number of benzene rings is 8. The van der Waals surface area contributed by atoms with Crippen LogP contribution in [0, 0.1) is 13.8 Å². The molecule has 0 radical (unpaired) electrons. The van der Waals surface area contributed by atoms with E-state index >= 15 is 0 Å². The van der Waals surface area contributed by atoms with Crippen LogP contribution < -0.4 is 9.80 Å². The highest BCUT2D eigenvalue weighted by Gasteiger charge is 2.22. The second-order valence-corrected chi connectivity index (χ2v) is 15.1. The van der Waals surface area contributed by atoms with Gasteiger partial charge in [-0.2, -0.15) is 0 Å². The van der Waals surface area contributed by atoms with Crippen LogP contribution in [0.3, 0.4) is 0 Å². The van der Waals surface area contributed by atoms with E-state index in [0.29, 0.717) is 0 Å². The van der Waals surface area contributed by atoms with Crippen LogP contribution >= 0.6 is 11.3 Å². The fourth-order valence-electron chi connectivity index (χ4n) is 8.06. The molecule has 8 aromatic carbocycles. The van der Waals surface area contributed by atoms with Crippen LogP contribution in [-0.4, -0.2) is 4.57 Å². The van der Waals surface area contributed by atoms with Crippen LogP contribution in [0.2, 0.25) is 0 Å². The van der Waals surface area contributed by atoms with Gasteiger partial charge in [0.15, 0.2) is 0 Å². The second kappa shape index (κ2) is 13.1. The van der Waals surface area contributed by atoms with Gasteiger partial charge >= 0.3 is 0 Å². The number of rotatable bonds is 7. The van der Waals surface area contributed by atoms with Crippen LogP contribution in [0.5, 0.6) is 0 Å². The van der Waals surface area contributed by atoms with Gasteiger partial charge in [0.05, 0.1) is 28.1 Å². The van der Waals surface area contributed by atoms with Gasteiger partial charge in [0.1, 0.15) is 0 Å². The van der Waals surface area contributed by atoms with E-state index in [1.54, 1.807) is 0 Å². The first-order valence-electron chi connectivity index (χ1n) is 18.4. The third-order valence-corrected chi connectivity index (χ3v) is 11.6. The lowest BCUT2D eigenvalue weighted by molar-refractivity contribution is 1.16. The summed E-state index contributed by atoms with van der Waals surface area (Å²) in [4.78, 5) is 4.77. The zero-order valence-electron chi connectivity index (χ0n) is 30.1. The smallest absolute Gasteiger partial charge is 0.0555 e. The minimum atomic E-state index is 1.07. The Hall–Kier alpha value is -6.62. The molecule has 258 valence electrons. The van der Waals surface area contributed by atoms with Gasteiger partial charge in [-0.05, 0) is 110 Å². The van der Waals surface area contributed by atoms with E-state index in [1.807, 2.05) is 11.3 Å². The summed E-state index contributed by atoms with van der Waals surface area (Å²) in [5.74, 6) is 0. The summed E-state index contributed by atoms with van der Waals surface area (Å²) in [6.07, 6.45) is 0. The molecule has 0 fully saturated rings. The van der Waals surface area contributed by atoms with Crippen LogP contribution in [-0.2, 0) is 0 Å². The largest absolute Gasteiger partial charge is 0.310 e. The summed E-state index contributed by atoms with van der Waals surface area (Å²) in [6.45, 7) is 4.33. The van der Waals surface area contributed by atoms with Crippen molar-refractivity contribution in [2.24, 2.45) is 0 Å². The van der Waals surface area contributed by atoms with E-state index < -0.39 is 0 Å². The van der Waals surface area contributed by atoms with Crippen molar-refractivity contribution in [1.29, 1.82) is 0 Å². The molecule has 10 rings (SSSR count). The monoisotopic (exact) mass is 711 g/mol. The molecule has 3 nitrogen and oxygen atoms in total. The van der Waals surface area contributed by atoms with Crippen molar-refractivity contribution < 1.29 is 0 Å². The second-order valence-electron chi connectivity index (χ2n) is 14.0. The van der Waals surface area contributed by atoms with Gasteiger partial charge in [0, 0.05) is 53.7 Å². The van der Waals surface area contributed by atoms with E-state index in [-0.39, 0.29) is 0 Å². The fraction of sp³-hybridized carbons (Fsp3) is 0.0400. The first-order chi connectivity index (χ1) is 26.6. The van der Waals surface area contributed by atoms with Gasteiger partial charge in [-0.1, -0.05) is 103 Å². The number of aromatic nitrogens is 1. The summed E-state index contributed by atoms with van der Waals surface area (Å²) in [5, 5.41) is 5.18. The molecule has 2 aromatic heterocycles. The Kier molecular flexibility index (Phi) is 7.78. The van der Waals surface area contributed by atoms with Crippen molar-refractivity contribution in [1.82, 2.24) is 4.57 Å². The maximum absolute atomic E-state index is 2.47. The first-order valence-corrected chi connectivity index (χ1v) is 19.2. The molecular formula is C50H37N3S. The van der Waals surface area contributed by atoms with E-state index in [4.69, 9.17) is 0 Å². The van der Waals surface area contributed by atoms with Crippen LogP contribution in [0.1, 0.15) is 11.1 Å². The normalized spacial score (nSPS) is 11.5. The molecule has 0 bridgehead atoms. The van der Waals surface area contributed by atoms with Crippen LogP contribution in [0.4, 0.5) is 34.1 Å². The molecule has 54 heavy (non-hydrogen) atoms. The standard InChI is InChI=1S/C50H37N3S/c1-34-15-13-21-38(29-34)51(36-17-5-3-6-18-36)40-31-41(52(37-19-7-4-8-20-37)39-22-14-16-35(2)30-39)33-42(32-40)53-46-25-11-9-24-45(46)49-47(53)28-27-44-43-23-10-12-26-48(43)54-50(44)49/h3-33H,1-2H3. The molecule has 0 aliphatic heterocycles. The summed E-state index contributed by atoms with van der Waals surface area (Å²) in [7, 11) is 0. The molecular weight excluding hydrogens is 675 g/mol. The molecule has 0 saturated carbocycles. The molecule has 4 heteroatoms. The number of thiophene rings is 1. The average Bonchev–Trinajstić information content (AvgIpc) is 3.75. The molecule has 0 saturated heterocycles. The topological polar surface area (TPSA) is 11.4 Å². The minimum Gasteiger partial charge on any atom is -0.310 e. The van der Waals surface area contributed by atoms with Gasteiger partial charge in [-0.25, -0.2) is 0 Å². The van der Waals surface area contributed by atoms with Crippen molar-refractivity contribution >= 4 is 87.4 Å². The summed E-state index contributed by atoms with van der Waals surface area (Å²) >= 11 is 1.89. The number of anilines is 6. The summed E-state index contributed by atoms with van der Waals surface area (Å²) in [6, 6.07) is 68.4. The van der Waals surface area contributed by atoms with E-state index in [2.05, 4.69) is 216 Å². The van der Waals surface area contributed by atoms with Crippen LogP contribution in [0.15, 0.2) is 188 Å². The Balaban J connectivity index is 1.32. The number of nitrogens with zero attached hydrogens (tertiary/aromatic N) is 3. The third kappa shape index (κ3) is 5.42. The SMILES string of the molecule is Cc1cccc(N(c2ccccc2)c2cc(N(c3ccccc3)c3cccc(C)c3)cc(-n3c4ccccc4c4c5sc6ccccc6c5ccc43)c2)c1. The number of para-hydroxylation sites is 3. The lowest BCUT2D eigenvalue weighted by Crippen LogP contribution is -2.14. The number of fused-ring (bicyclic) bond motifs is 7. The van der Waals surface area contributed by atoms with Crippen molar-refractivity contribution in [3.8, 4) is 5.69 Å². The highest BCUT2D eigenvalue weighted by molar-refractivity contribution is 7.26. The van der Waals surface area contributed by atoms with Crippen molar-refractivity contribution in [3.05, 3.63) is 199 Å². The highest BCUT2D eigenvalue weighted by atomic mass is 32.1. The molecule has 10 aromatic rings. The number of hydrogen-bond acceptors (Lipinski definition) is 3. The van der Waals surface area contributed by atoms with E-state index in [9.17, 15) is 0 Å². The van der Waals surface area contributed by atoms with E-state index in [1.165, 1.54) is 53.1 Å². The molecule has 0 unspecified atom stereocenters. The summed E-state index contributed by atoms with van der Waals surface area (Å²) < 4.78 is 5.12. The predicted molar refractivity (Wildman–Crippen MR) is 233 cm³/mol.